The van der Waals surface area contributed by atoms with Crippen LogP contribution in [0.4, 0.5) is 0 Å². The van der Waals surface area contributed by atoms with Gasteiger partial charge in [0.15, 0.2) is 0 Å². The number of hydrogen-bond donors (Lipinski definition) is 0. The summed E-state index contributed by atoms with van der Waals surface area (Å²) >= 11 is 0. The first-order valence-electron chi connectivity index (χ1n) is 8.65. The third-order valence-corrected chi connectivity index (χ3v) is 5.05. The molecule has 0 amide bonds. The van der Waals surface area contributed by atoms with Crippen LogP contribution in [-0.2, 0) is 0 Å². The van der Waals surface area contributed by atoms with Gasteiger partial charge in [-0.05, 0) is 38.8 Å². The monoisotopic (exact) mass is 344 g/mol. The van der Waals surface area contributed by atoms with Gasteiger partial charge in [-0.25, -0.2) is 0 Å². The Bertz CT molecular complexity index is 1130. The summed E-state index contributed by atoms with van der Waals surface area (Å²) in [5, 5.41) is 0. The van der Waals surface area contributed by atoms with Crippen LogP contribution in [0.3, 0.4) is 0 Å². The van der Waals surface area contributed by atoms with E-state index < -0.39 is 0 Å². The Kier molecular flexibility index (Phi) is 3.58. The SMILES string of the molecule is Cc1ccc(-c2c(C)n3c(C)c(-c4ccc(C)cc4)c(=O)n3c2=O)cc1. The summed E-state index contributed by atoms with van der Waals surface area (Å²) in [6, 6.07) is 15.6. The lowest BCUT2D eigenvalue weighted by Gasteiger charge is -2.03. The van der Waals surface area contributed by atoms with Crippen LogP contribution in [0.1, 0.15) is 22.5 Å². The minimum Gasteiger partial charge on any atom is -0.267 e. The molecule has 0 fully saturated rings. The van der Waals surface area contributed by atoms with E-state index in [-0.39, 0.29) is 11.1 Å². The molecule has 0 aliphatic carbocycles. The van der Waals surface area contributed by atoms with E-state index in [1.165, 1.54) is 4.52 Å². The van der Waals surface area contributed by atoms with Crippen LogP contribution < -0.4 is 11.1 Å². The highest BCUT2D eigenvalue weighted by atomic mass is 16.2. The lowest BCUT2D eigenvalue weighted by atomic mass is 10.0. The molecule has 0 radical (unpaired) electrons. The van der Waals surface area contributed by atoms with Gasteiger partial charge in [-0.1, -0.05) is 59.7 Å². The predicted molar refractivity (Wildman–Crippen MR) is 104 cm³/mol. The third-order valence-electron chi connectivity index (χ3n) is 5.05. The van der Waals surface area contributed by atoms with E-state index in [1.54, 1.807) is 4.52 Å². The number of aryl methyl sites for hydroxylation is 4. The highest BCUT2D eigenvalue weighted by Gasteiger charge is 2.23. The van der Waals surface area contributed by atoms with Crippen molar-refractivity contribution in [2.75, 3.05) is 0 Å². The average molecular weight is 344 g/mol. The third kappa shape index (κ3) is 2.22. The largest absolute Gasteiger partial charge is 0.282 e. The molecule has 2 heterocycles. The molecule has 0 aliphatic rings. The molecule has 0 saturated heterocycles. The highest BCUT2D eigenvalue weighted by Crippen LogP contribution is 2.25. The Hall–Kier alpha value is -3.14. The van der Waals surface area contributed by atoms with Crippen molar-refractivity contribution in [3.05, 3.63) is 91.8 Å². The summed E-state index contributed by atoms with van der Waals surface area (Å²) in [4.78, 5) is 26.1. The summed E-state index contributed by atoms with van der Waals surface area (Å²) in [5.74, 6) is 0. The molecule has 2 aromatic heterocycles. The molecule has 0 bridgehead atoms. The molecule has 0 aliphatic heterocycles. The molecule has 0 saturated carbocycles. The van der Waals surface area contributed by atoms with E-state index >= 15 is 0 Å². The molecule has 0 atom stereocenters. The maximum absolute atomic E-state index is 13.0. The zero-order valence-electron chi connectivity index (χ0n) is 15.3. The van der Waals surface area contributed by atoms with Crippen LogP contribution in [0.5, 0.6) is 0 Å². The van der Waals surface area contributed by atoms with E-state index in [1.807, 2.05) is 76.2 Å². The van der Waals surface area contributed by atoms with Crippen molar-refractivity contribution in [2.24, 2.45) is 0 Å². The van der Waals surface area contributed by atoms with E-state index in [9.17, 15) is 9.59 Å². The molecule has 4 aromatic rings. The minimum absolute atomic E-state index is 0.266. The lowest BCUT2D eigenvalue weighted by molar-refractivity contribution is 0.768. The number of benzene rings is 2. The second kappa shape index (κ2) is 5.70. The van der Waals surface area contributed by atoms with E-state index in [2.05, 4.69) is 0 Å². The molecule has 4 nitrogen and oxygen atoms in total. The number of rotatable bonds is 2. The first-order chi connectivity index (χ1) is 12.4. The van der Waals surface area contributed by atoms with Gasteiger partial charge in [-0.3, -0.25) is 14.1 Å². The van der Waals surface area contributed by atoms with Gasteiger partial charge >= 0.3 is 0 Å². The topological polar surface area (TPSA) is 43.0 Å². The smallest absolute Gasteiger partial charge is 0.267 e. The first-order valence-corrected chi connectivity index (χ1v) is 8.65. The van der Waals surface area contributed by atoms with E-state index in [4.69, 9.17) is 0 Å². The number of fused-ring (bicyclic) bond motifs is 1. The maximum Gasteiger partial charge on any atom is 0.282 e. The van der Waals surface area contributed by atoms with E-state index in [0.29, 0.717) is 11.1 Å². The van der Waals surface area contributed by atoms with Gasteiger partial charge in [0.1, 0.15) is 0 Å². The Balaban J connectivity index is 2.03. The summed E-state index contributed by atoms with van der Waals surface area (Å²) in [6.07, 6.45) is 0. The molecular weight excluding hydrogens is 324 g/mol. The van der Waals surface area contributed by atoms with Crippen LogP contribution in [0.2, 0.25) is 0 Å². The Morgan fingerprint density at radius 2 is 0.885 bits per heavy atom. The molecule has 26 heavy (non-hydrogen) atoms. The number of hydrogen-bond acceptors (Lipinski definition) is 2. The summed E-state index contributed by atoms with van der Waals surface area (Å²) in [6.45, 7) is 7.80. The van der Waals surface area contributed by atoms with Crippen molar-refractivity contribution in [3.8, 4) is 22.3 Å². The van der Waals surface area contributed by atoms with Crippen molar-refractivity contribution in [1.82, 2.24) is 9.03 Å². The van der Waals surface area contributed by atoms with Crippen LogP contribution in [0.15, 0.2) is 58.1 Å². The molecule has 4 heteroatoms. The van der Waals surface area contributed by atoms with Crippen molar-refractivity contribution in [3.63, 3.8) is 0 Å². The van der Waals surface area contributed by atoms with Crippen LogP contribution in [0, 0.1) is 27.7 Å². The van der Waals surface area contributed by atoms with Gasteiger partial charge < -0.3 is 0 Å². The van der Waals surface area contributed by atoms with Crippen molar-refractivity contribution in [1.29, 1.82) is 0 Å². The Morgan fingerprint density at radius 3 is 1.19 bits per heavy atom. The zero-order chi connectivity index (χ0) is 18.6. The molecule has 2 aromatic carbocycles. The highest BCUT2D eigenvalue weighted by molar-refractivity contribution is 5.69. The van der Waals surface area contributed by atoms with Gasteiger partial charge in [0.05, 0.1) is 22.5 Å². The minimum atomic E-state index is -0.266. The Labute approximate surface area is 151 Å². The normalized spacial score (nSPS) is 11.4. The van der Waals surface area contributed by atoms with Crippen molar-refractivity contribution >= 4 is 0 Å². The van der Waals surface area contributed by atoms with Crippen molar-refractivity contribution < 1.29 is 0 Å². The molecule has 0 unspecified atom stereocenters. The number of nitrogens with zero attached hydrogens (tertiary/aromatic N) is 2. The molecule has 130 valence electrons. The van der Waals surface area contributed by atoms with Gasteiger partial charge in [-0.15, -0.1) is 0 Å². The standard InChI is InChI=1S/C22H20N2O2/c1-13-5-9-17(10-6-13)19-15(3)23-16(4)20(22(26)24(23)21(19)25)18-11-7-14(2)8-12-18/h5-12H,1-4H3. The van der Waals surface area contributed by atoms with E-state index in [0.717, 1.165) is 33.6 Å². The number of aromatic nitrogens is 2. The van der Waals surface area contributed by atoms with Crippen LogP contribution in [0.25, 0.3) is 22.3 Å². The average Bonchev–Trinajstić information content (AvgIpc) is 3.03. The Morgan fingerprint density at radius 1 is 0.538 bits per heavy atom. The molecular formula is C22H20N2O2. The quantitative estimate of drug-likeness (QED) is 0.556. The first kappa shape index (κ1) is 16.3. The summed E-state index contributed by atoms with van der Waals surface area (Å²) in [5.41, 5.74) is 6.14. The molecule has 0 N–H and O–H groups in total. The van der Waals surface area contributed by atoms with Gasteiger partial charge in [0.25, 0.3) is 11.1 Å². The molecule has 4 rings (SSSR count). The van der Waals surface area contributed by atoms with Gasteiger partial charge in [-0.2, -0.15) is 4.52 Å². The van der Waals surface area contributed by atoms with Crippen molar-refractivity contribution in [2.45, 2.75) is 27.7 Å². The van der Waals surface area contributed by atoms with Gasteiger partial charge in [0.2, 0.25) is 0 Å². The summed E-state index contributed by atoms with van der Waals surface area (Å²) < 4.78 is 3.00. The second-order valence-corrected chi connectivity index (χ2v) is 6.89. The second-order valence-electron chi connectivity index (χ2n) is 6.89. The zero-order valence-corrected chi connectivity index (χ0v) is 15.3. The predicted octanol–water partition coefficient (Wildman–Crippen LogP) is 3.76. The maximum atomic E-state index is 13.0. The molecule has 0 spiro atoms. The van der Waals surface area contributed by atoms with Gasteiger partial charge in [0, 0.05) is 0 Å². The summed E-state index contributed by atoms with van der Waals surface area (Å²) in [7, 11) is 0. The van der Waals surface area contributed by atoms with Crippen LogP contribution in [-0.4, -0.2) is 9.03 Å². The fraction of sp³-hybridized carbons (Fsp3) is 0.182. The fourth-order valence-electron chi connectivity index (χ4n) is 3.66. The lowest BCUT2D eigenvalue weighted by Crippen LogP contribution is -2.23. The van der Waals surface area contributed by atoms with Crippen LogP contribution >= 0.6 is 0 Å². The fourth-order valence-corrected chi connectivity index (χ4v) is 3.66.